The highest BCUT2D eigenvalue weighted by Crippen LogP contribution is 2.23. The van der Waals surface area contributed by atoms with E-state index in [1.165, 1.54) is 17.3 Å². The van der Waals surface area contributed by atoms with Crippen molar-refractivity contribution in [3.8, 4) is 0 Å². The first-order chi connectivity index (χ1) is 15.2. The fraction of sp³-hybridized carbons (Fsp3) is 0.231. The van der Waals surface area contributed by atoms with Gasteiger partial charge in [-0.2, -0.15) is 0 Å². The molecule has 0 saturated heterocycles. The van der Waals surface area contributed by atoms with Crippen molar-refractivity contribution < 1.29 is 9.59 Å². The van der Waals surface area contributed by atoms with Gasteiger partial charge in [0.25, 0.3) is 5.91 Å². The van der Waals surface area contributed by atoms with E-state index >= 15 is 0 Å². The van der Waals surface area contributed by atoms with Crippen LogP contribution in [0.1, 0.15) is 42.3 Å². The Kier molecular flexibility index (Phi) is 7.99. The quantitative estimate of drug-likeness (QED) is 0.404. The zero-order valence-electron chi connectivity index (χ0n) is 18.4. The van der Waals surface area contributed by atoms with Gasteiger partial charge in [-0.1, -0.05) is 68.8 Å². The van der Waals surface area contributed by atoms with Crippen LogP contribution in [0.4, 0.5) is 11.4 Å². The van der Waals surface area contributed by atoms with Crippen molar-refractivity contribution in [3.05, 3.63) is 94.5 Å². The molecule has 3 rings (SSSR count). The van der Waals surface area contributed by atoms with Gasteiger partial charge >= 0.3 is 0 Å². The molecule has 166 valence electrons. The Bertz CT molecular complexity index is 1090. The summed E-state index contributed by atoms with van der Waals surface area (Å²) in [6, 6.07) is 22.4. The van der Waals surface area contributed by atoms with Crippen molar-refractivity contribution in [2.75, 3.05) is 16.4 Å². The standard InChI is InChI=1S/C26H27ClN2O2S/c1-26(2,3)20-13-11-18(12-14-20)25(31)29-22-9-6-8-21(15-22)28-24(30)17-32-16-19-7-4-5-10-23(19)27/h4-15H,16-17H2,1-3H3,(H,28,30)(H,29,31). The third-order valence-corrected chi connectivity index (χ3v) is 6.22. The third-order valence-electron chi connectivity index (χ3n) is 4.87. The number of benzene rings is 3. The zero-order chi connectivity index (χ0) is 23.1. The molecule has 0 atom stereocenters. The van der Waals surface area contributed by atoms with Crippen LogP contribution in [0.25, 0.3) is 0 Å². The molecule has 0 fully saturated rings. The van der Waals surface area contributed by atoms with Crippen LogP contribution in [-0.2, 0) is 16.0 Å². The number of carbonyl (C=O) groups excluding carboxylic acids is 2. The van der Waals surface area contributed by atoms with Crippen molar-refractivity contribution in [1.29, 1.82) is 0 Å². The highest BCUT2D eigenvalue weighted by Gasteiger charge is 2.14. The Hall–Kier alpha value is -2.76. The minimum absolute atomic E-state index is 0.0349. The predicted molar refractivity (Wildman–Crippen MR) is 136 cm³/mol. The average molecular weight is 467 g/mol. The first-order valence-electron chi connectivity index (χ1n) is 10.4. The van der Waals surface area contributed by atoms with Gasteiger partial charge in [0.05, 0.1) is 5.75 Å². The Labute approximate surface area is 198 Å². The second-order valence-corrected chi connectivity index (χ2v) is 9.89. The van der Waals surface area contributed by atoms with Gasteiger partial charge in [0.15, 0.2) is 0 Å². The molecule has 0 radical (unpaired) electrons. The molecular formula is C26H27ClN2O2S. The smallest absolute Gasteiger partial charge is 0.255 e. The second-order valence-electron chi connectivity index (χ2n) is 8.49. The van der Waals surface area contributed by atoms with Crippen LogP contribution in [0.2, 0.25) is 5.02 Å². The summed E-state index contributed by atoms with van der Waals surface area (Å²) in [5.74, 6) is 0.673. The van der Waals surface area contributed by atoms with E-state index in [4.69, 9.17) is 11.6 Å². The molecule has 0 spiro atoms. The van der Waals surface area contributed by atoms with E-state index in [1.54, 1.807) is 24.3 Å². The average Bonchev–Trinajstić information content (AvgIpc) is 2.75. The minimum Gasteiger partial charge on any atom is -0.325 e. The molecule has 0 aromatic heterocycles. The van der Waals surface area contributed by atoms with Crippen LogP contribution >= 0.6 is 23.4 Å². The van der Waals surface area contributed by atoms with Gasteiger partial charge in [0, 0.05) is 27.7 Å². The predicted octanol–water partition coefficient (Wildman–Crippen LogP) is 6.76. The summed E-state index contributed by atoms with van der Waals surface area (Å²) in [6.45, 7) is 6.41. The maximum atomic E-state index is 12.6. The van der Waals surface area contributed by atoms with Crippen molar-refractivity contribution in [2.24, 2.45) is 0 Å². The molecule has 0 heterocycles. The number of amides is 2. The van der Waals surface area contributed by atoms with Crippen LogP contribution in [0.15, 0.2) is 72.8 Å². The number of hydrogen-bond acceptors (Lipinski definition) is 3. The van der Waals surface area contributed by atoms with Crippen LogP contribution < -0.4 is 10.6 Å². The van der Waals surface area contributed by atoms with Gasteiger partial charge in [-0.05, 0) is 52.9 Å². The van der Waals surface area contributed by atoms with Crippen LogP contribution in [-0.4, -0.2) is 17.6 Å². The molecule has 6 heteroatoms. The topological polar surface area (TPSA) is 58.2 Å². The van der Waals surface area contributed by atoms with E-state index in [0.29, 0.717) is 33.5 Å². The number of hydrogen-bond donors (Lipinski definition) is 2. The van der Waals surface area contributed by atoms with Crippen LogP contribution in [0, 0.1) is 0 Å². The summed E-state index contributed by atoms with van der Waals surface area (Å²) in [6.07, 6.45) is 0. The van der Waals surface area contributed by atoms with Gasteiger partial charge in [-0.3, -0.25) is 9.59 Å². The molecule has 2 amide bonds. The highest BCUT2D eigenvalue weighted by molar-refractivity contribution is 7.99. The van der Waals surface area contributed by atoms with Crippen molar-refractivity contribution in [3.63, 3.8) is 0 Å². The minimum atomic E-state index is -0.191. The van der Waals surface area contributed by atoms with E-state index in [2.05, 4.69) is 31.4 Å². The van der Waals surface area contributed by atoms with E-state index in [0.717, 1.165) is 5.56 Å². The molecule has 0 unspecified atom stereocenters. The van der Waals surface area contributed by atoms with Crippen LogP contribution in [0.5, 0.6) is 0 Å². The SMILES string of the molecule is CC(C)(C)c1ccc(C(=O)Nc2cccc(NC(=O)CSCc3ccccc3Cl)c2)cc1. The van der Waals surface area contributed by atoms with Crippen molar-refractivity contribution >= 4 is 46.6 Å². The lowest BCUT2D eigenvalue weighted by Crippen LogP contribution is -2.16. The van der Waals surface area contributed by atoms with E-state index in [-0.39, 0.29) is 17.2 Å². The Morgan fingerprint density at radius 2 is 1.53 bits per heavy atom. The number of halogens is 1. The largest absolute Gasteiger partial charge is 0.325 e. The molecule has 32 heavy (non-hydrogen) atoms. The maximum absolute atomic E-state index is 12.6. The zero-order valence-corrected chi connectivity index (χ0v) is 20.0. The fourth-order valence-corrected chi connectivity index (χ4v) is 4.18. The third kappa shape index (κ3) is 6.87. The molecule has 0 aliphatic heterocycles. The van der Waals surface area contributed by atoms with Gasteiger partial charge in [0.1, 0.15) is 0 Å². The molecule has 0 bridgehead atoms. The Morgan fingerprint density at radius 3 is 2.19 bits per heavy atom. The summed E-state index contributed by atoms with van der Waals surface area (Å²) in [5, 5.41) is 6.47. The Morgan fingerprint density at radius 1 is 0.875 bits per heavy atom. The van der Waals surface area contributed by atoms with Gasteiger partial charge < -0.3 is 10.6 Å². The maximum Gasteiger partial charge on any atom is 0.255 e. The number of nitrogens with one attached hydrogen (secondary N) is 2. The van der Waals surface area contributed by atoms with E-state index < -0.39 is 0 Å². The van der Waals surface area contributed by atoms with Gasteiger partial charge in [-0.15, -0.1) is 11.8 Å². The highest BCUT2D eigenvalue weighted by atomic mass is 35.5. The molecule has 0 aliphatic carbocycles. The van der Waals surface area contributed by atoms with Crippen LogP contribution in [0.3, 0.4) is 0 Å². The molecule has 3 aromatic carbocycles. The lowest BCUT2D eigenvalue weighted by atomic mass is 9.87. The number of anilines is 2. The summed E-state index contributed by atoms with van der Waals surface area (Å²) in [5.41, 5.74) is 4.06. The lowest BCUT2D eigenvalue weighted by Gasteiger charge is -2.19. The summed E-state index contributed by atoms with van der Waals surface area (Å²) >= 11 is 7.65. The normalized spacial score (nSPS) is 11.1. The van der Waals surface area contributed by atoms with Crippen molar-refractivity contribution in [1.82, 2.24) is 0 Å². The molecule has 3 aromatic rings. The van der Waals surface area contributed by atoms with Gasteiger partial charge in [0.2, 0.25) is 5.91 Å². The number of carbonyl (C=O) groups is 2. The monoisotopic (exact) mass is 466 g/mol. The molecular weight excluding hydrogens is 440 g/mol. The van der Waals surface area contributed by atoms with Gasteiger partial charge in [-0.25, -0.2) is 0 Å². The van der Waals surface area contributed by atoms with Crippen molar-refractivity contribution in [2.45, 2.75) is 31.9 Å². The second kappa shape index (κ2) is 10.7. The first kappa shape index (κ1) is 23.9. The molecule has 2 N–H and O–H groups in total. The number of thioether (sulfide) groups is 1. The lowest BCUT2D eigenvalue weighted by molar-refractivity contribution is -0.113. The number of rotatable bonds is 7. The first-order valence-corrected chi connectivity index (χ1v) is 11.9. The van der Waals surface area contributed by atoms with E-state index in [1.807, 2.05) is 48.5 Å². The summed E-state index contributed by atoms with van der Waals surface area (Å²) in [7, 11) is 0. The summed E-state index contributed by atoms with van der Waals surface area (Å²) < 4.78 is 0. The molecule has 0 aliphatic rings. The fourth-order valence-electron chi connectivity index (χ4n) is 3.07. The van der Waals surface area contributed by atoms with E-state index in [9.17, 15) is 9.59 Å². The Balaban J connectivity index is 1.54. The summed E-state index contributed by atoms with van der Waals surface area (Å²) in [4.78, 5) is 24.9. The molecule has 0 saturated carbocycles. The molecule has 4 nitrogen and oxygen atoms in total.